The third kappa shape index (κ3) is 6.08. The summed E-state index contributed by atoms with van der Waals surface area (Å²) in [7, 11) is 7.01. The highest BCUT2D eigenvalue weighted by Crippen LogP contribution is 2.27. The van der Waals surface area contributed by atoms with Crippen molar-refractivity contribution in [2.24, 2.45) is 4.99 Å². The van der Waals surface area contributed by atoms with Crippen LogP contribution < -0.4 is 19.5 Å². The molecule has 0 heterocycles. The number of ether oxygens (including phenoxy) is 3. The summed E-state index contributed by atoms with van der Waals surface area (Å²) in [6.45, 7) is 4.35. The van der Waals surface area contributed by atoms with Crippen LogP contribution in [0.4, 0.5) is 0 Å². The van der Waals surface area contributed by atoms with E-state index in [1.807, 2.05) is 37.4 Å². The Kier molecular flexibility index (Phi) is 8.46. The molecule has 2 aromatic rings. The van der Waals surface area contributed by atoms with E-state index in [0.717, 1.165) is 48.3 Å². The van der Waals surface area contributed by atoms with Crippen LogP contribution in [-0.4, -0.2) is 52.3 Å². The second kappa shape index (κ2) is 11.1. The summed E-state index contributed by atoms with van der Waals surface area (Å²) in [6.07, 6.45) is 0.825. The minimum atomic E-state index is 0.685. The zero-order valence-electron chi connectivity index (χ0n) is 17.5. The van der Waals surface area contributed by atoms with Crippen LogP contribution in [0.5, 0.6) is 17.2 Å². The molecule has 28 heavy (non-hydrogen) atoms. The number of nitrogens with one attached hydrogen (secondary N) is 1. The summed E-state index contributed by atoms with van der Waals surface area (Å²) in [6, 6.07) is 14.1. The molecule has 0 spiro atoms. The van der Waals surface area contributed by atoms with Gasteiger partial charge in [-0.2, -0.15) is 0 Å². The highest BCUT2D eigenvalue weighted by molar-refractivity contribution is 5.79. The van der Waals surface area contributed by atoms with Crippen molar-refractivity contribution in [3.8, 4) is 17.2 Å². The molecule has 2 aromatic carbocycles. The third-order valence-electron chi connectivity index (χ3n) is 4.39. The van der Waals surface area contributed by atoms with E-state index in [1.165, 1.54) is 5.56 Å². The molecule has 0 radical (unpaired) electrons. The molecule has 1 N–H and O–H groups in total. The zero-order valence-corrected chi connectivity index (χ0v) is 17.5. The number of hydrogen-bond donors (Lipinski definition) is 1. The molecule has 0 aliphatic carbocycles. The van der Waals surface area contributed by atoms with Crippen LogP contribution in [0.1, 0.15) is 18.1 Å². The molecule has 0 aliphatic rings. The van der Waals surface area contributed by atoms with Crippen LogP contribution in [0.15, 0.2) is 47.5 Å². The Morgan fingerprint density at radius 3 is 2.21 bits per heavy atom. The van der Waals surface area contributed by atoms with Gasteiger partial charge in [0.1, 0.15) is 5.75 Å². The van der Waals surface area contributed by atoms with Crippen LogP contribution >= 0.6 is 0 Å². The number of methoxy groups -OCH3 is 3. The van der Waals surface area contributed by atoms with Gasteiger partial charge < -0.3 is 24.4 Å². The minimum Gasteiger partial charge on any atom is -0.497 e. The Balaban J connectivity index is 2.00. The normalized spacial score (nSPS) is 11.1. The van der Waals surface area contributed by atoms with E-state index < -0.39 is 0 Å². The number of guanidine groups is 1. The molecule has 0 aromatic heterocycles. The molecule has 6 nitrogen and oxygen atoms in total. The molecule has 0 bridgehead atoms. The molecule has 6 heteroatoms. The lowest BCUT2D eigenvalue weighted by Crippen LogP contribution is -2.38. The molecule has 0 saturated carbocycles. The molecule has 0 unspecified atom stereocenters. The van der Waals surface area contributed by atoms with Crippen molar-refractivity contribution in [2.45, 2.75) is 19.9 Å². The number of nitrogens with zero attached hydrogens (tertiary/aromatic N) is 2. The van der Waals surface area contributed by atoms with Crippen LogP contribution in [-0.2, 0) is 13.0 Å². The van der Waals surface area contributed by atoms with Gasteiger partial charge in [0.15, 0.2) is 17.5 Å². The van der Waals surface area contributed by atoms with E-state index >= 15 is 0 Å². The van der Waals surface area contributed by atoms with Gasteiger partial charge in [-0.25, -0.2) is 0 Å². The van der Waals surface area contributed by atoms with Gasteiger partial charge in [0, 0.05) is 26.7 Å². The van der Waals surface area contributed by atoms with Crippen molar-refractivity contribution in [1.82, 2.24) is 10.2 Å². The number of aliphatic imine (C=N–C) groups is 1. The fourth-order valence-electron chi connectivity index (χ4n) is 2.88. The predicted molar refractivity (Wildman–Crippen MR) is 114 cm³/mol. The second-order valence-electron chi connectivity index (χ2n) is 6.38. The van der Waals surface area contributed by atoms with Crippen molar-refractivity contribution < 1.29 is 14.2 Å². The Morgan fingerprint density at radius 1 is 0.929 bits per heavy atom. The van der Waals surface area contributed by atoms with Gasteiger partial charge >= 0.3 is 0 Å². The van der Waals surface area contributed by atoms with E-state index in [9.17, 15) is 0 Å². The molecule has 0 atom stereocenters. The van der Waals surface area contributed by atoms with E-state index in [2.05, 4.69) is 29.3 Å². The maximum absolute atomic E-state index is 5.37. The standard InChI is InChI=1S/C22H31N3O3/c1-6-23-22(25(2)16-18-7-10-19(26-3)11-8-18)24-14-13-17-9-12-20(27-4)21(15-17)28-5/h7-12,15H,6,13-14,16H2,1-5H3,(H,23,24). The minimum absolute atomic E-state index is 0.685. The first kappa shape index (κ1) is 21.4. The Morgan fingerprint density at radius 2 is 1.61 bits per heavy atom. The van der Waals surface area contributed by atoms with E-state index in [-0.39, 0.29) is 0 Å². The summed E-state index contributed by atoms with van der Waals surface area (Å²) in [5.74, 6) is 3.23. The molecular weight excluding hydrogens is 354 g/mol. The maximum atomic E-state index is 5.37. The largest absolute Gasteiger partial charge is 0.497 e. The summed E-state index contributed by atoms with van der Waals surface area (Å²) in [5.41, 5.74) is 2.36. The second-order valence-corrected chi connectivity index (χ2v) is 6.38. The van der Waals surface area contributed by atoms with Crippen molar-refractivity contribution in [2.75, 3.05) is 41.5 Å². The summed E-state index contributed by atoms with van der Waals surface area (Å²) >= 11 is 0. The average molecular weight is 386 g/mol. The van der Waals surface area contributed by atoms with Gasteiger partial charge in [-0.15, -0.1) is 0 Å². The van der Waals surface area contributed by atoms with Crippen molar-refractivity contribution in [1.29, 1.82) is 0 Å². The lowest BCUT2D eigenvalue weighted by atomic mass is 10.1. The monoisotopic (exact) mass is 385 g/mol. The maximum Gasteiger partial charge on any atom is 0.193 e. The number of benzene rings is 2. The van der Waals surface area contributed by atoms with Crippen molar-refractivity contribution >= 4 is 5.96 Å². The van der Waals surface area contributed by atoms with Crippen LogP contribution in [0, 0.1) is 0 Å². The molecule has 0 fully saturated rings. The Bertz CT molecular complexity index is 760. The van der Waals surface area contributed by atoms with Gasteiger partial charge in [-0.05, 0) is 48.7 Å². The summed E-state index contributed by atoms with van der Waals surface area (Å²) in [5, 5.41) is 3.36. The highest BCUT2D eigenvalue weighted by Gasteiger charge is 2.08. The fraction of sp³-hybridized carbons (Fsp3) is 0.409. The fourth-order valence-corrected chi connectivity index (χ4v) is 2.88. The quantitative estimate of drug-likeness (QED) is 0.530. The first-order chi connectivity index (χ1) is 13.6. The molecule has 0 saturated heterocycles. The lowest BCUT2D eigenvalue weighted by molar-refractivity contribution is 0.354. The molecule has 2 rings (SSSR count). The zero-order chi connectivity index (χ0) is 20.4. The smallest absolute Gasteiger partial charge is 0.193 e. The van der Waals surface area contributed by atoms with Crippen LogP contribution in [0.3, 0.4) is 0 Å². The highest BCUT2D eigenvalue weighted by atomic mass is 16.5. The third-order valence-corrected chi connectivity index (χ3v) is 4.39. The SMILES string of the molecule is CCNC(=NCCc1ccc(OC)c(OC)c1)N(C)Cc1ccc(OC)cc1. The first-order valence-corrected chi connectivity index (χ1v) is 9.44. The van der Waals surface area contributed by atoms with E-state index in [0.29, 0.717) is 6.54 Å². The van der Waals surface area contributed by atoms with Gasteiger partial charge in [-0.1, -0.05) is 18.2 Å². The van der Waals surface area contributed by atoms with Crippen molar-refractivity contribution in [3.05, 3.63) is 53.6 Å². The van der Waals surface area contributed by atoms with Crippen LogP contribution in [0.2, 0.25) is 0 Å². The van der Waals surface area contributed by atoms with Crippen molar-refractivity contribution in [3.63, 3.8) is 0 Å². The van der Waals surface area contributed by atoms with Gasteiger partial charge in [0.2, 0.25) is 0 Å². The summed E-state index contributed by atoms with van der Waals surface area (Å²) < 4.78 is 15.9. The number of hydrogen-bond acceptors (Lipinski definition) is 4. The number of rotatable bonds is 9. The lowest BCUT2D eigenvalue weighted by Gasteiger charge is -2.22. The topological polar surface area (TPSA) is 55.3 Å². The van der Waals surface area contributed by atoms with Gasteiger partial charge in [0.05, 0.1) is 21.3 Å². The summed E-state index contributed by atoms with van der Waals surface area (Å²) in [4.78, 5) is 6.90. The van der Waals surface area contributed by atoms with E-state index in [1.54, 1.807) is 21.3 Å². The molecular formula is C22H31N3O3. The van der Waals surface area contributed by atoms with Crippen LogP contribution in [0.25, 0.3) is 0 Å². The van der Waals surface area contributed by atoms with Gasteiger partial charge in [-0.3, -0.25) is 4.99 Å². The van der Waals surface area contributed by atoms with E-state index in [4.69, 9.17) is 19.2 Å². The Hall–Kier alpha value is -2.89. The first-order valence-electron chi connectivity index (χ1n) is 9.44. The molecule has 0 amide bonds. The average Bonchev–Trinajstić information content (AvgIpc) is 2.73. The molecule has 0 aliphatic heterocycles. The molecule has 152 valence electrons. The predicted octanol–water partition coefficient (Wildman–Crippen LogP) is 3.35. The van der Waals surface area contributed by atoms with Gasteiger partial charge in [0.25, 0.3) is 0 Å². The Labute approximate surface area is 168 Å².